The van der Waals surface area contributed by atoms with Crippen LogP contribution in [0, 0.1) is 0 Å². The topological polar surface area (TPSA) is 56.2 Å². The molecule has 1 amide bonds. The molecule has 1 aromatic carbocycles. The maximum atomic E-state index is 12.3. The molecular weight excluding hydrogens is 302 g/mol. The van der Waals surface area contributed by atoms with Crippen LogP contribution < -0.4 is 10.1 Å². The van der Waals surface area contributed by atoms with Gasteiger partial charge < -0.3 is 14.6 Å². The van der Waals surface area contributed by atoms with Gasteiger partial charge in [-0.3, -0.25) is 4.79 Å². The van der Waals surface area contributed by atoms with Gasteiger partial charge in [0.1, 0.15) is 11.6 Å². The Morgan fingerprint density at radius 2 is 2.25 bits per heavy atom. The van der Waals surface area contributed by atoms with Crippen LogP contribution in [-0.2, 0) is 17.8 Å². The van der Waals surface area contributed by atoms with Gasteiger partial charge in [0.15, 0.2) is 6.10 Å². The Balaban J connectivity index is 1.44. The normalized spacial score (nSPS) is 16.5. The number of hydrogen-bond donors (Lipinski definition) is 1. The minimum absolute atomic E-state index is 0.0146. The van der Waals surface area contributed by atoms with Gasteiger partial charge in [-0.2, -0.15) is 0 Å². The van der Waals surface area contributed by atoms with Crippen LogP contribution in [-0.4, -0.2) is 28.1 Å². The molecule has 5 heteroatoms. The van der Waals surface area contributed by atoms with Crippen molar-refractivity contribution in [2.24, 2.45) is 0 Å². The van der Waals surface area contributed by atoms with Gasteiger partial charge in [-0.05, 0) is 30.9 Å². The molecule has 1 atom stereocenters. The Morgan fingerprint density at radius 1 is 1.42 bits per heavy atom. The van der Waals surface area contributed by atoms with Crippen LogP contribution in [0.1, 0.15) is 44.0 Å². The van der Waals surface area contributed by atoms with E-state index >= 15 is 0 Å². The summed E-state index contributed by atoms with van der Waals surface area (Å²) in [6, 6.07) is 7.93. The summed E-state index contributed by atoms with van der Waals surface area (Å²) in [5, 5.41) is 3.00. The molecule has 0 fully saturated rings. The molecule has 24 heavy (non-hydrogen) atoms. The molecule has 3 rings (SSSR count). The largest absolute Gasteiger partial charge is 0.480 e. The number of para-hydroxylation sites is 1. The highest BCUT2D eigenvalue weighted by atomic mass is 16.5. The summed E-state index contributed by atoms with van der Waals surface area (Å²) in [7, 11) is 0. The zero-order valence-electron chi connectivity index (χ0n) is 14.4. The van der Waals surface area contributed by atoms with Gasteiger partial charge >= 0.3 is 0 Å². The lowest BCUT2D eigenvalue weighted by Crippen LogP contribution is -2.40. The minimum Gasteiger partial charge on any atom is -0.480 e. The highest BCUT2D eigenvalue weighted by molar-refractivity contribution is 5.81. The monoisotopic (exact) mass is 327 g/mol. The summed E-state index contributed by atoms with van der Waals surface area (Å²) in [6.45, 7) is 5.79. The number of hydrogen-bond acceptors (Lipinski definition) is 3. The van der Waals surface area contributed by atoms with Crippen molar-refractivity contribution in [3.05, 3.63) is 48.0 Å². The maximum Gasteiger partial charge on any atom is 0.261 e. The highest BCUT2D eigenvalue weighted by Crippen LogP contribution is 2.27. The standard InChI is InChI=1S/C19H25N3O2/c1-14(2)18-20-11-13-22(18)12-5-10-21-19(23)17-9-8-15-6-3-4-7-16(15)24-17/h3-4,6-7,11,13-14,17H,5,8-10,12H2,1-2H3,(H,21,23). The molecule has 1 aromatic heterocycles. The molecule has 0 radical (unpaired) electrons. The molecule has 128 valence electrons. The van der Waals surface area contributed by atoms with E-state index in [-0.39, 0.29) is 12.0 Å². The molecule has 5 nitrogen and oxygen atoms in total. The number of fused-ring (bicyclic) bond motifs is 1. The number of carbonyl (C=O) groups is 1. The lowest BCUT2D eigenvalue weighted by Gasteiger charge is -2.25. The van der Waals surface area contributed by atoms with E-state index in [0.717, 1.165) is 37.4 Å². The average Bonchev–Trinajstić information content (AvgIpc) is 3.07. The molecule has 0 bridgehead atoms. The molecule has 0 saturated carbocycles. The number of nitrogens with zero attached hydrogens (tertiary/aromatic N) is 2. The summed E-state index contributed by atoms with van der Waals surface area (Å²) >= 11 is 0. The number of benzene rings is 1. The van der Waals surface area contributed by atoms with E-state index in [1.54, 1.807) is 0 Å². The fourth-order valence-corrected chi connectivity index (χ4v) is 3.09. The molecule has 2 aromatic rings. The maximum absolute atomic E-state index is 12.3. The Kier molecular flexibility index (Phi) is 5.18. The second kappa shape index (κ2) is 7.51. The van der Waals surface area contributed by atoms with Gasteiger partial charge in [-0.15, -0.1) is 0 Å². The Bertz CT molecular complexity index is 693. The van der Waals surface area contributed by atoms with Crippen molar-refractivity contribution >= 4 is 5.91 Å². The molecular formula is C19H25N3O2. The number of rotatable bonds is 6. The first-order valence-electron chi connectivity index (χ1n) is 8.68. The Hall–Kier alpha value is -2.30. The van der Waals surface area contributed by atoms with Crippen LogP contribution in [0.25, 0.3) is 0 Å². The lowest BCUT2D eigenvalue weighted by molar-refractivity contribution is -0.128. The first-order valence-corrected chi connectivity index (χ1v) is 8.68. The second-order valence-corrected chi connectivity index (χ2v) is 6.53. The van der Waals surface area contributed by atoms with E-state index in [1.165, 1.54) is 5.56 Å². The molecule has 1 aliphatic heterocycles. The van der Waals surface area contributed by atoms with Crippen LogP contribution in [0.5, 0.6) is 5.75 Å². The van der Waals surface area contributed by atoms with E-state index < -0.39 is 0 Å². The van der Waals surface area contributed by atoms with Gasteiger partial charge in [0.25, 0.3) is 5.91 Å². The van der Waals surface area contributed by atoms with Crippen LogP contribution >= 0.6 is 0 Å². The number of imidazole rings is 1. The molecule has 1 N–H and O–H groups in total. The first kappa shape index (κ1) is 16.6. The summed E-state index contributed by atoms with van der Waals surface area (Å²) in [5.74, 6) is 2.32. The predicted octanol–water partition coefficient (Wildman–Crippen LogP) is 2.91. The molecule has 0 saturated heterocycles. The number of nitrogens with one attached hydrogen (secondary N) is 1. The van der Waals surface area contributed by atoms with Crippen LogP contribution in [0.4, 0.5) is 0 Å². The zero-order valence-corrected chi connectivity index (χ0v) is 14.4. The first-order chi connectivity index (χ1) is 11.6. The zero-order chi connectivity index (χ0) is 16.9. The number of amides is 1. The quantitative estimate of drug-likeness (QED) is 0.830. The summed E-state index contributed by atoms with van der Waals surface area (Å²) in [4.78, 5) is 16.7. The van der Waals surface area contributed by atoms with Crippen molar-refractivity contribution in [3.63, 3.8) is 0 Å². The van der Waals surface area contributed by atoms with Crippen LogP contribution in [0.15, 0.2) is 36.7 Å². The van der Waals surface area contributed by atoms with Crippen molar-refractivity contribution in [2.75, 3.05) is 6.54 Å². The minimum atomic E-state index is -0.376. The van der Waals surface area contributed by atoms with Gasteiger partial charge in [-0.1, -0.05) is 32.0 Å². The highest BCUT2D eigenvalue weighted by Gasteiger charge is 2.25. The summed E-state index contributed by atoms with van der Waals surface area (Å²) in [5.41, 5.74) is 1.18. The van der Waals surface area contributed by atoms with Crippen molar-refractivity contribution in [1.82, 2.24) is 14.9 Å². The third-order valence-electron chi connectivity index (χ3n) is 4.35. The van der Waals surface area contributed by atoms with E-state index in [4.69, 9.17) is 4.74 Å². The average molecular weight is 327 g/mol. The van der Waals surface area contributed by atoms with E-state index in [1.807, 2.05) is 30.6 Å². The van der Waals surface area contributed by atoms with E-state index in [2.05, 4.69) is 34.8 Å². The fraction of sp³-hybridized carbons (Fsp3) is 0.474. The summed E-state index contributed by atoms with van der Waals surface area (Å²) < 4.78 is 7.98. The number of aryl methyl sites for hydroxylation is 2. The molecule has 1 aliphatic rings. The molecule has 2 heterocycles. The third-order valence-corrected chi connectivity index (χ3v) is 4.35. The van der Waals surface area contributed by atoms with Crippen molar-refractivity contribution < 1.29 is 9.53 Å². The number of ether oxygens (including phenoxy) is 1. The predicted molar refractivity (Wildman–Crippen MR) is 93.1 cm³/mol. The van der Waals surface area contributed by atoms with Crippen LogP contribution in [0.3, 0.4) is 0 Å². The van der Waals surface area contributed by atoms with Crippen molar-refractivity contribution in [3.8, 4) is 5.75 Å². The number of aromatic nitrogens is 2. The van der Waals surface area contributed by atoms with E-state index in [0.29, 0.717) is 12.5 Å². The van der Waals surface area contributed by atoms with Gasteiger partial charge in [0.2, 0.25) is 0 Å². The van der Waals surface area contributed by atoms with Gasteiger partial charge in [-0.25, -0.2) is 4.98 Å². The fourth-order valence-electron chi connectivity index (χ4n) is 3.09. The van der Waals surface area contributed by atoms with Gasteiger partial charge in [0.05, 0.1) is 0 Å². The van der Waals surface area contributed by atoms with E-state index in [9.17, 15) is 4.79 Å². The molecule has 0 spiro atoms. The Morgan fingerprint density at radius 3 is 3.08 bits per heavy atom. The SMILES string of the molecule is CC(C)c1nccn1CCCNC(=O)C1CCc2ccccc2O1. The Labute approximate surface area is 143 Å². The number of carbonyl (C=O) groups excluding carboxylic acids is 1. The third kappa shape index (κ3) is 3.78. The molecule has 1 unspecified atom stereocenters. The van der Waals surface area contributed by atoms with Crippen molar-refractivity contribution in [2.45, 2.75) is 51.7 Å². The molecule has 0 aliphatic carbocycles. The second-order valence-electron chi connectivity index (χ2n) is 6.53. The lowest BCUT2D eigenvalue weighted by atomic mass is 10.0. The van der Waals surface area contributed by atoms with Gasteiger partial charge in [0, 0.05) is 31.4 Å². The van der Waals surface area contributed by atoms with Crippen molar-refractivity contribution in [1.29, 1.82) is 0 Å². The summed E-state index contributed by atoms with van der Waals surface area (Å²) in [6.07, 6.45) is 5.97. The smallest absolute Gasteiger partial charge is 0.261 e. The van der Waals surface area contributed by atoms with Crippen LogP contribution in [0.2, 0.25) is 0 Å².